The molecule has 0 spiro atoms. The van der Waals surface area contributed by atoms with Gasteiger partial charge in [0.2, 0.25) is 5.95 Å². The Labute approximate surface area is 98.7 Å². The molecular formula is C13H12N4. The van der Waals surface area contributed by atoms with Crippen molar-refractivity contribution in [2.75, 3.05) is 5.32 Å². The number of fused-ring (bicyclic) bond motifs is 1. The zero-order chi connectivity index (χ0) is 11.7. The fourth-order valence-corrected chi connectivity index (χ4v) is 1.73. The van der Waals surface area contributed by atoms with Gasteiger partial charge in [0, 0.05) is 6.20 Å². The lowest BCUT2D eigenvalue weighted by Gasteiger charge is -2.04. The van der Waals surface area contributed by atoms with Crippen LogP contribution in [0.4, 0.5) is 11.6 Å². The van der Waals surface area contributed by atoms with Crippen LogP contribution in [0.25, 0.3) is 11.0 Å². The number of aromatic amines is 1. The van der Waals surface area contributed by atoms with Crippen LogP contribution >= 0.6 is 0 Å². The Balaban J connectivity index is 1.98. The molecule has 0 unspecified atom stereocenters. The van der Waals surface area contributed by atoms with Crippen LogP contribution in [-0.4, -0.2) is 15.0 Å². The van der Waals surface area contributed by atoms with Crippen molar-refractivity contribution in [3.63, 3.8) is 0 Å². The van der Waals surface area contributed by atoms with E-state index in [1.165, 1.54) is 0 Å². The van der Waals surface area contributed by atoms with Gasteiger partial charge in [-0.15, -0.1) is 0 Å². The van der Waals surface area contributed by atoms with E-state index >= 15 is 0 Å². The first-order valence-electron chi connectivity index (χ1n) is 5.45. The highest BCUT2D eigenvalue weighted by Crippen LogP contribution is 2.19. The van der Waals surface area contributed by atoms with Gasteiger partial charge in [-0.2, -0.15) is 0 Å². The van der Waals surface area contributed by atoms with E-state index in [0.29, 0.717) is 0 Å². The van der Waals surface area contributed by atoms with Crippen LogP contribution in [-0.2, 0) is 0 Å². The molecule has 0 fully saturated rings. The maximum absolute atomic E-state index is 4.45. The minimum atomic E-state index is 0.738. The van der Waals surface area contributed by atoms with Crippen molar-refractivity contribution in [2.24, 2.45) is 0 Å². The van der Waals surface area contributed by atoms with E-state index in [1.807, 2.05) is 37.3 Å². The van der Waals surface area contributed by atoms with Gasteiger partial charge in [0.25, 0.3) is 0 Å². The molecule has 2 N–H and O–H groups in total. The minimum Gasteiger partial charge on any atom is -0.324 e. The quantitative estimate of drug-likeness (QED) is 0.703. The lowest BCUT2D eigenvalue weighted by atomic mass is 10.2. The summed E-state index contributed by atoms with van der Waals surface area (Å²) in [7, 11) is 0. The van der Waals surface area contributed by atoms with Crippen molar-refractivity contribution in [2.45, 2.75) is 6.92 Å². The summed E-state index contributed by atoms with van der Waals surface area (Å²) in [4.78, 5) is 11.8. The summed E-state index contributed by atoms with van der Waals surface area (Å²) in [6, 6.07) is 9.91. The molecule has 4 nitrogen and oxygen atoms in total. The summed E-state index contributed by atoms with van der Waals surface area (Å²) in [5.41, 5.74) is 4.08. The summed E-state index contributed by atoms with van der Waals surface area (Å²) in [5.74, 6) is 0.738. The van der Waals surface area contributed by atoms with Gasteiger partial charge in [-0.1, -0.05) is 12.1 Å². The van der Waals surface area contributed by atoms with Crippen molar-refractivity contribution >= 4 is 22.7 Å². The number of benzene rings is 1. The third-order valence-electron chi connectivity index (χ3n) is 2.68. The number of anilines is 2. The van der Waals surface area contributed by atoms with Gasteiger partial charge in [-0.3, -0.25) is 4.98 Å². The number of nitrogens with one attached hydrogen (secondary N) is 2. The van der Waals surface area contributed by atoms with Crippen LogP contribution in [0.5, 0.6) is 0 Å². The number of aryl methyl sites for hydroxylation is 1. The molecule has 0 saturated carbocycles. The summed E-state index contributed by atoms with van der Waals surface area (Å²) >= 11 is 0. The Morgan fingerprint density at radius 2 is 2.06 bits per heavy atom. The highest BCUT2D eigenvalue weighted by atomic mass is 15.1. The van der Waals surface area contributed by atoms with Gasteiger partial charge in [-0.05, 0) is 30.7 Å². The predicted octanol–water partition coefficient (Wildman–Crippen LogP) is 3.01. The van der Waals surface area contributed by atoms with Gasteiger partial charge in [0.1, 0.15) is 0 Å². The Hall–Kier alpha value is -2.36. The molecule has 4 heteroatoms. The molecule has 3 rings (SSSR count). The molecule has 3 aromatic rings. The summed E-state index contributed by atoms with van der Waals surface area (Å²) in [6.45, 7) is 2.03. The van der Waals surface area contributed by atoms with Crippen molar-refractivity contribution in [3.8, 4) is 0 Å². The van der Waals surface area contributed by atoms with E-state index in [9.17, 15) is 0 Å². The Bertz CT molecular complexity index is 624. The molecule has 0 aliphatic heterocycles. The number of rotatable bonds is 2. The first kappa shape index (κ1) is 9.84. The number of imidazole rings is 1. The van der Waals surface area contributed by atoms with E-state index in [1.54, 1.807) is 12.4 Å². The molecule has 2 aromatic heterocycles. The highest BCUT2D eigenvalue weighted by Gasteiger charge is 2.03. The average molecular weight is 224 g/mol. The number of hydrogen-bond donors (Lipinski definition) is 2. The molecule has 17 heavy (non-hydrogen) atoms. The van der Waals surface area contributed by atoms with Crippen LogP contribution in [0, 0.1) is 6.92 Å². The third kappa shape index (κ3) is 1.85. The number of hydrogen-bond acceptors (Lipinski definition) is 3. The standard InChI is InChI=1S/C13H12N4/c1-9-6-7-14-8-12(9)17-13-15-10-4-2-3-5-11(10)16-13/h2-8H,1H3,(H2,15,16,17). The maximum Gasteiger partial charge on any atom is 0.205 e. The zero-order valence-corrected chi connectivity index (χ0v) is 9.44. The number of nitrogens with zero attached hydrogens (tertiary/aromatic N) is 2. The van der Waals surface area contributed by atoms with Crippen molar-refractivity contribution in [3.05, 3.63) is 48.3 Å². The predicted molar refractivity (Wildman–Crippen MR) is 68.4 cm³/mol. The van der Waals surface area contributed by atoms with Crippen molar-refractivity contribution < 1.29 is 0 Å². The van der Waals surface area contributed by atoms with Gasteiger partial charge in [0.15, 0.2) is 0 Å². The molecule has 0 bridgehead atoms. The molecule has 0 aliphatic carbocycles. The first-order chi connectivity index (χ1) is 8.33. The Morgan fingerprint density at radius 3 is 2.88 bits per heavy atom. The largest absolute Gasteiger partial charge is 0.324 e. The van der Waals surface area contributed by atoms with E-state index < -0.39 is 0 Å². The summed E-state index contributed by atoms with van der Waals surface area (Å²) in [6.07, 6.45) is 3.57. The normalized spacial score (nSPS) is 10.6. The molecule has 0 aliphatic rings. The molecule has 0 radical (unpaired) electrons. The maximum atomic E-state index is 4.45. The molecule has 0 atom stereocenters. The fourth-order valence-electron chi connectivity index (χ4n) is 1.73. The van der Waals surface area contributed by atoms with Crippen molar-refractivity contribution in [1.82, 2.24) is 15.0 Å². The molecule has 0 saturated heterocycles. The second kappa shape index (κ2) is 3.90. The topological polar surface area (TPSA) is 53.6 Å². The lowest BCUT2D eigenvalue weighted by Crippen LogP contribution is -1.95. The summed E-state index contributed by atoms with van der Waals surface area (Å²) < 4.78 is 0. The van der Waals surface area contributed by atoms with Crippen LogP contribution in [0.2, 0.25) is 0 Å². The number of aromatic nitrogens is 3. The SMILES string of the molecule is Cc1ccncc1Nc1nc2ccccc2[nH]1. The molecule has 84 valence electrons. The monoisotopic (exact) mass is 224 g/mol. The molecular weight excluding hydrogens is 212 g/mol. The first-order valence-corrected chi connectivity index (χ1v) is 5.45. The lowest BCUT2D eigenvalue weighted by molar-refractivity contribution is 1.24. The minimum absolute atomic E-state index is 0.738. The van der Waals surface area contributed by atoms with Crippen LogP contribution in [0.15, 0.2) is 42.7 Å². The molecule has 2 heterocycles. The van der Waals surface area contributed by atoms with Crippen molar-refractivity contribution in [1.29, 1.82) is 0 Å². The van der Waals surface area contributed by atoms with Gasteiger partial charge in [-0.25, -0.2) is 4.98 Å². The van der Waals surface area contributed by atoms with E-state index in [2.05, 4.69) is 20.3 Å². The third-order valence-corrected chi connectivity index (χ3v) is 2.68. The fraction of sp³-hybridized carbons (Fsp3) is 0.0769. The van der Waals surface area contributed by atoms with Gasteiger partial charge in [0.05, 0.1) is 22.9 Å². The number of para-hydroxylation sites is 2. The van der Waals surface area contributed by atoms with E-state index in [4.69, 9.17) is 0 Å². The zero-order valence-electron chi connectivity index (χ0n) is 9.44. The van der Waals surface area contributed by atoms with Crippen LogP contribution < -0.4 is 5.32 Å². The molecule has 0 amide bonds. The van der Waals surface area contributed by atoms with E-state index in [0.717, 1.165) is 28.2 Å². The smallest absolute Gasteiger partial charge is 0.205 e. The van der Waals surface area contributed by atoms with Crippen LogP contribution in [0.3, 0.4) is 0 Å². The Kier molecular flexibility index (Phi) is 2.26. The second-order valence-electron chi connectivity index (χ2n) is 3.92. The number of pyridine rings is 1. The average Bonchev–Trinajstić information content (AvgIpc) is 2.74. The van der Waals surface area contributed by atoms with Gasteiger partial charge < -0.3 is 10.3 Å². The second-order valence-corrected chi connectivity index (χ2v) is 3.92. The van der Waals surface area contributed by atoms with Crippen LogP contribution in [0.1, 0.15) is 5.56 Å². The molecule has 1 aromatic carbocycles. The van der Waals surface area contributed by atoms with E-state index in [-0.39, 0.29) is 0 Å². The highest BCUT2D eigenvalue weighted by molar-refractivity contribution is 5.78. The summed E-state index contributed by atoms with van der Waals surface area (Å²) in [5, 5.41) is 3.23. The number of H-pyrrole nitrogens is 1. The van der Waals surface area contributed by atoms with Gasteiger partial charge >= 0.3 is 0 Å². The Morgan fingerprint density at radius 1 is 1.18 bits per heavy atom.